The average Bonchev–Trinajstić information content (AvgIpc) is 2.37. The maximum Gasteiger partial charge on any atom is 0.410 e. The first-order chi connectivity index (χ1) is 9.76. The highest BCUT2D eigenvalue weighted by atomic mass is 35.5. The first-order valence-corrected chi connectivity index (χ1v) is 7.64. The summed E-state index contributed by atoms with van der Waals surface area (Å²) in [6.07, 6.45) is -0.231. The molecule has 5 heteroatoms. The Morgan fingerprint density at radius 3 is 2.38 bits per heavy atom. The van der Waals surface area contributed by atoms with Gasteiger partial charge in [0.1, 0.15) is 5.60 Å². The molecular weight excluding hydrogens is 288 g/mol. The van der Waals surface area contributed by atoms with E-state index in [1.54, 1.807) is 4.90 Å². The molecule has 1 aromatic rings. The topological polar surface area (TPSA) is 32.8 Å². The molecule has 1 atom stereocenters. The van der Waals surface area contributed by atoms with Crippen molar-refractivity contribution in [3.05, 3.63) is 29.3 Å². The predicted octanol–water partition coefficient (Wildman–Crippen LogP) is 3.79. The van der Waals surface area contributed by atoms with Crippen LogP contribution >= 0.6 is 11.6 Å². The Morgan fingerprint density at radius 2 is 1.86 bits per heavy atom. The van der Waals surface area contributed by atoms with E-state index in [9.17, 15) is 4.79 Å². The number of carbonyl (C=O) groups excluding carboxylic acids is 1. The third-order valence-electron chi connectivity index (χ3n) is 3.45. The standard InChI is InChI=1S/C16H23ClN2O2/c1-12-11-18(14-7-5-13(17)6-8-14)9-10-19(12)15(20)21-16(2,3)4/h5-8,12H,9-11H2,1-4H3/t12-/m0/s1. The van der Waals surface area contributed by atoms with Gasteiger partial charge in [0.25, 0.3) is 0 Å². The Hall–Kier alpha value is -1.42. The van der Waals surface area contributed by atoms with E-state index in [-0.39, 0.29) is 12.1 Å². The van der Waals surface area contributed by atoms with Gasteiger partial charge in [-0.2, -0.15) is 0 Å². The number of halogens is 1. The summed E-state index contributed by atoms with van der Waals surface area (Å²) in [5, 5.41) is 0.735. The molecule has 0 spiro atoms. The maximum absolute atomic E-state index is 12.2. The van der Waals surface area contributed by atoms with Crippen LogP contribution in [0.4, 0.5) is 10.5 Å². The lowest BCUT2D eigenvalue weighted by atomic mass is 10.1. The number of anilines is 1. The number of rotatable bonds is 1. The number of amides is 1. The third-order valence-corrected chi connectivity index (χ3v) is 3.70. The lowest BCUT2D eigenvalue weighted by Crippen LogP contribution is -2.55. The van der Waals surface area contributed by atoms with Gasteiger partial charge in [0.15, 0.2) is 0 Å². The maximum atomic E-state index is 12.2. The molecule has 1 fully saturated rings. The van der Waals surface area contributed by atoms with Crippen molar-refractivity contribution in [2.75, 3.05) is 24.5 Å². The average molecular weight is 311 g/mol. The Labute approximate surface area is 131 Å². The molecular formula is C16H23ClN2O2. The summed E-state index contributed by atoms with van der Waals surface area (Å²) in [4.78, 5) is 16.2. The van der Waals surface area contributed by atoms with E-state index in [1.165, 1.54) is 0 Å². The molecule has 4 nitrogen and oxygen atoms in total. The molecule has 1 saturated heterocycles. The minimum absolute atomic E-state index is 0.115. The van der Waals surface area contributed by atoms with Gasteiger partial charge >= 0.3 is 6.09 Å². The Kier molecular flexibility index (Phi) is 4.67. The summed E-state index contributed by atoms with van der Waals surface area (Å²) in [5.74, 6) is 0. The van der Waals surface area contributed by atoms with Crippen LogP contribution < -0.4 is 4.90 Å². The Morgan fingerprint density at radius 1 is 1.24 bits per heavy atom. The van der Waals surface area contributed by atoms with Crippen molar-refractivity contribution in [3.63, 3.8) is 0 Å². The molecule has 0 aromatic heterocycles. The van der Waals surface area contributed by atoms with Gasteiger partial charge < -0.3 is 14.5 Å². The van der Waals surface area contributed by atoms with Crippen LogP contribution in [0.2, 0.25) is 5.02 Å². The molecule has 116 valence electrons. The van der Waals surface area contributed by atoms with E-state index in [0.29, 0.717) is 6.54 Å². The van der Waals surface area contributed by atoms with E-state index in [4.69, 9.17) is 16.3 Å². The summed E-state index contributed by atoms with van der Waals surface area (Å²) in [5.41, 5.74) is 0.680. The summed E-state index contributed by atoms with van der Waals surface area (Å²) < 4.78 is 5.46. The highest BCUT2D eigenvalue weighted by Crippen LogP contribution is 2.22. The fraction of sp³-hybridized carbons (Fsp3) is 0.562. The van der Waals surface area contributed by atoms with E-state index < -0.39 is 5.60 Å². The normalized spacial score (nSPS) is 19.6. The fourth-order valence-electron chi connectivity index (χ4n) is 2.44. The molecule has 1 aliphatic rings. The molecule has 1 aliphatic heterocycles. The lowest BCUT2D eigenvalue weighted by molar-refractivity contribution is 0.0159. The molecule has 2 rings (SSSR count). The number of ether oxygens (including phenoxy) is 1. The molecule has 0 bridgehead atoms. The van der Waals surface area contributed by atoms with Crippen molar-refractivity contribution in [1.29, 1.82) is 0 Å². The van der Waals surface area contributed by atoms with Gasteiger partial charge in [-0.3, -0.25) is 0 Å². The van der Waals surface area contributed by atoms with Crippen molar-refractivity contribution in [3.8, 4) is 0 Å². The van der Waals surface area contributed by atoms with Crippen LogP contribution in [-0.4, -0.2) is 42.3 Å². The molecule has 0 unspecified atom stereocenters. The van der Waals surface area contributed by atoms with Gasteiger partial charge in [0.2, 0.25) is 0 Å². The number of hydrogen-bond donors (Lipinski definition) is 0. The minimum atomic E-state index is -0.454. The van der Waals surface area contributed by atoms with Crippen LogP contribution in [-0.2, 0) is 4.74 Å². The highest BCUT2D eigenvalue weighted by Gasteiger charge is 2.30. The molecule has 0 N–H and O–H groups in total. The van der Waals surface area contributed by atoms with Crippen molar-refractivity contribution in [2.45, 2.75) is 39.3 Å². The van der Waals surface area contributed by atoms with Crippen LogP contribution in [0.3, 0.4) is 0 Å². The molecule has 21 heavy (non-hydrogen) atoms. The monoisotopic (exact) mass is 310 g/mol. The quantitative estimate of drug-likeness (QED) is 0.791. The summed E-state index contributed by atoms with van der Waals surface area (Å²) in [6, 6.07) is 7.92. The van der Waals surface area contributed by atoms with Gasteiger partial charge in [0, 0.05) is 36.4 Å². The fourth-order valence-corrected chi connectivity index (χ4v) is 2.56. The van der Waals surface area contributed by atoms with E-state index in [1.807, 2.05) is 52.0 Å². The Bertz CT molecular complexity index is 496. The number of nitrogens with zero attached hydrogens (tertiary/aromatic N) is 2. The highest BCUT2D eigenvalue weighted by molar-refractivity contribution is 6.30. The zero-order chi connectivity index (χ0) is 15.6. The molecule has 0 radical (unpaired) electrons. The number of hydrogen-bond acceptors (Lipinski definition) is 3. The summed E-state index contributed by atoms with van der Waals surface area (Å²) in [6.45, 7) is 9.97. The molecule has 1 aromatic carbocycles. The van der Waals surface area contributed by atoms with Crippen LogP contribution in [0.25, 0.3) is 0 Å². The number of carbonyl (C=O) groups is 1. The van der Waals surface area contributed by atoms with E-state index >= 15 is 0 Å². The van der Waals surface area contributed by atoms with Crippen molar-refractivity contribution < 1.29 is 9.53 Å². The largest absolute Gasteiger partial charge is 0.444 e. The van der Waals surface area contributed by atoms with Crippen molar-refractivity contribution in [1.82, 2.24) is 4.90 Å². The second kappa shape index (κ2) is 6.14. The SMILES string of the molecule is C[C@H]1CN(c2ccc(Cl)cc2)CCN1C(=O)OC(C)(C)C. The zero-order valence-electron chi connectivity index (χ0n) is 13.1. The van der Waals surface area contributed by atoms with Crippen LogP contribution in [0.1, 0.15) is 27.7 Å². The van der Waals surface area contributed by atoms with Gasteiger partial charge in [0.05, 0.1) is 0 Å². The first-order valence-electron chi connectivity index (χ1n) is 7.26. The smallest absolute Gasteiger partial charge is 0.410 e. The lowest BCUT2D eigenvalue weighted by Gasteiger charge is -2.41. The van der Waals surface area contributed by atoms with Crippen LogP contribution in [0.15, 0.2) is 24.3 Å². The molecule has 0 saturated carbocycles. The van der Waals surface area contributed by atoms with Crippen LogP contribution in [0, 0.1) is 0 Å². The summed E-state index contributed by atoms with van der Waals surface area (Å²) >= 11 is 5.92. The van der Waals surface area contributed by atoms with Gasteiger partial charge in [-0.1, -0.05) is 11.6 Å². The van der Waals surface area contributed by atoms with Gasteiger partial charge in [-0.15, -0.1) is 0 Å². The summed E-state index contributed by atoms with van der Waals surface area (Å²) in [7, 11) is 0. The number of piperazine rings is 1. The van der Waals surface area contributed by atoms with E-state index in [0.717, 1.165) is 23.8 Å². The second-order valence-corrected chi connectivity index (χ2v) is 6.88. The van der Waals surface area contributed by atoms with Gasteiger partial charge in [-0.25, -0.2) is 4.79 Å². The number of benzene rings is 1. The molecule has 0 aliphatic carbocycles. The first kappa shape index (κ1) is 16.0. The third kappa shape index (κ3) is 4.27. The Balaban J connectivity index is 1.99. The predicted molar refractivity (Wildman–Crippen MR) is 86.1 cm³/mol. The zero-order valence-corrected chi connectivity index (χ0v) is 13.9. The molecule has 1 heterocycles. The second-order valence-electron chi connectivity index (χ2n) is 6.45. The van der Waals surface area contributed by atoms with Gasteiger partial charge in [-0.05, 0) is 52.0 Å². The van der Waals surface area contributed by atoms with Crippen molar-refractivity contribution in [2.24, 2.45) is 0 Å². The minimum Gasteiger partial charge on any atom is -0.444 e. The van der Waals surface area contributed by atoms with E-state index in [2.05, 4.69) is 4.90 Å². The van der Waals surface area contributed by atoms with Crippen LogP contribution in [0.5, 0.6) is 0 Å². The molecule has 1 amide bonds. The van der Waals surface area contributed by atoms with Crippen molar-refractivity contribution >= 4 is 23.4 Å².